The zero-order valence-corrected chi connectivity index (χ0v) is 33.7. The number of hydrogen-bond donors (Lipinski definition) is 0. The molecule has 0 fully saturated rings. The van der Waals surface area contributed by atoms with Crippen LogP contribution >= 0.6 is 0 Å². The molecule has 1 heterocycles. The third-order valence-corrected chi connectivity index (χ3v) is 11.7. The van der Waals surface area contributed by atoms with Crippen LogP contribution in [-0.2, 0) is 0 Å². The van der Waals surface area contributed by atoms with Crippen LogP contribution in [0.4, 0.5) is 34.1 Å². The van der Waals surface area contributed by atoms with Gasteiger partial charge < -0.3 is 9.80 Å². The average molecular weight is 781 g/mol. The molecule has 0 unspecified atom stereocenters. The van der Waals surface area contributed by atoms with E-state index in [0.29, 0.717) is 0 Å². The summed E-state index contributed by atoms with van der Waals surface area (Å²) in [7, 11) is 0. The maximum atomic E-state index is 5.10. The van der Waals surface area contributed by atoms with Crippen molar-refractivity contribution >= 4 is 77.2 Å². The first-order chi connectivity index (χ1) is 30.1. The second-order valence-electron chi connectivity index (χ2n) is 15.6. The molecule has 0 radical (unpaired) electrons. The Morgan fingerprint density at radius 1 is 0.295 bits per heavy atom. The van der Waals surface area contributed by atoms with Gasteiger partial charge in [-0.25, -0.2) is 4.98 Å². The van der Waals surface area contributed by atoms with Crippen molar-refractivity contribution in [1.29, 1.82) is 0 Å². The first-order valence-corrected chi connectivity index (χ1v) is 20.7. The number of anilines is 6. The van der Waals surface area contributed by atoms with E-state index in [0.717, 1.165) is 62.3 Å². The van der Waals surface area contributed by atoms with Crippen LogP contribution in [0.5, 0.6) is 0 Å². The summed E-state index contributed by atoms with van der Waals surface area (Å²) in [5.41, 5.74) is 11.1. The molecule has 10 aromatic carbocycles. The number of fused-ring (bicyclic) bond motifs is 4. The van der Waals surface area contributed by atoms with Crippen molar-refractivity contribution in [1.82, 2.24) is 9.97 Å². The summed E-state index contributed by atoms with van der Waals surface area (Å²) in [5, 5.41) is 9.66. The maximum Gasteiger partial charge on any atom is 0.0968 e. The lowest BCUT2D eigenvalue weighted by atomic mass is 10.0. The van der Waals surface area contributed by atoms with Crippen LogP contribution in [0.3, 0.4) is 0 Å². The molecule has 11 aromatic rings. The van der Waals surface area contributed by atoms with Gasteiger partial charge in [0.1, 0.15) is 0 Å². The lowest BCUT2D eigenvalue weighted by Crippen LogP contribution is -2.10. The van der Waals surface area contributed by atoms with E-state index < -0.39 is 0 Å². The van der Waals surface area contributed by atoms with Gasteiger partial charge in [-0.1, -0.05) is 146 Å². The highest BCUT2D eigenvalue weighted by Crippen LogP contribution is 2.41. The van der Waals surface area contributed by atoms with E-state index in [1.807, 2.05) is 13.1 Å². The van der Waals surface area contributed by atoms with Crippen molar-refractivity contribution in [3.05, 3.63) is 230 Å². The molecule has 0 spiro atoms. The molecule has 0 aliphatic carbocycles. The van der Waals surface area contributed by atoms with Crippen molar-refractivity contribution in [2.75, 3.05) is 9.80 Å². The number of rotatable bonds is 8. The summed E-state index contributed by atoms with van der Waals surface area (Å²) in [6, 6.07) is 78.3. The molecule has 4 nitrogen and oxygen atoms in total. The van der Waals surface area contributed by atoms with Crippen LogP contribution in [0.2, 0.25) is 0 Å². The normalized spacial score (nSPS) is 11.4. The highest BCUT2D eigenvalue weighted by Gasteiger charge is 2.18. The second-order valence-corrected chi connectivity index (χ2v) is 15.6. The fourth-order valence-electron chi connectivity index (χ4n) is 8.58. The molecule has 0 aliphatic heterocycles. The van der Waals surface area contributed by atoms with E-state index in [-0.39, 0.29) is 0 Å². The summed E-state index contributed by atoms with van der Waals surface area (Å²) in [6.07, 6.45) is 1.86. The van der Waals surface area contributed by atoms with E-state index in [1.165, 1.54) is 43.1 Å². The summed E-state index contributed by atoms with van der Waals surface area (Å²) >= 11 is 0. The molecular formula is C57H40N4. The van der Waals surface area contributed by atoms with Crippen LogP contribution in [0.15, 0.2) is 225 Å². The largest absolute Gasteiger partial charge is 0.310 e. The topological polar surface area (TPSA) is 32.3 Å². The van der Waals surface area contributed by atoms with Crippen LogP contribution in [0.25, 0.3) is 65.6 Å². The summed E-state index contributed by atoms with van der Waals surface area (Å²) in [5.74, 6) is 0. The Kier molecular flexibility index (Phi) is 9.02. The Balaban J connectivity index is 0.971. The molecule has 4 heteroatoms. The van der Waals surface area contributed by atoms with Crippen molar-refractivity contribution in [2.24, 2.45) is 0 Å². The smallest absolute Gasteiger partial charge is 0.0968 e. The van der Waals surface area contributed by atoms with Gasteiger partial charge in [0.2, 0.25) is 0 Å². The molecule has 61 heavy (non-hydrogen) atoms. The van der Waals surface area contributed by atoms with E-state index in [4.69, 9.17) is 9.97 Å². The molecule has 0 saturated heterocycles. The molecule has 1 aromatic heterocycles. The summed E-state index contributed by atoms with van der Waals surface area (Å²) in [6.45, 7) is 2.00. The zero-order valence-electron chi connectivity index (χ0n) is 33.7. The van der Waals surface area contributed by atoms with Gasteiger partial charge in [0.25, 0.3) is 0 Å². The van der Waals surface area contributed by atoms with Crippen molar-refractivity contribution < 1.29 is 0 Å². The van der Waals surface area contributed by atoms with E-state index >= 15 is 0 Å². The molecule has 0 N–H and O–H groups in total. The summed E-state index contributed by atoms with van der Waals surface area (Å²) in [4.78, 5) is 14.8. The number of aromatic nitrogens is 2. The first kappa shape index (κ1) is 36.0. The minimum absolute atomic E-state index is 0.841. The molecular weight excluding hydrogens is 741 g/mol. The van der Waals surface area contributed by atoms with Gasteiger partial charge in [-0.3, -0.25) is 4.98 Å². The third kappa shape index (κ3) is 6.90. The predicted molar refractivity (Wildman–Crippen MR) is 257 cm³/mol. The standard InChI is InChI=1S/C57H40N4/c1-39-38-58-56(44-22-26-50(27-23-44)60(52-30-18-40-10-2-6-14-46(40)34-52)53-31-19-41-11-3-7-15-47(41)35-53)57(59-39)45-24-28-51(29-25-45)61(54-32-20-42-12-4-8-16-48(42)36-54)55-33-21-43-13-5-9-17-49(43)37-55/h2-38H,1H3. The van der Waals surface area contributed by atoms with E-state index in [2.05, 4.69) is 228 Å². The van der Waals surface area contributed by atoms with Gasteiger partial charge in [-0.15, -0.1) is 0 Å². The zero-order chi connectivity index (χ0) is 40.7. The molecule has 0 saturated carbocycles. The van der Waals surface area contributed by atoms with Gasteiger partial charge in [0, 0.05) is 51.4 Å². The fraction of sp³-hybridized carbons (Fsp3) is 0.0175. The Hall–Kier alpha value is -8.08. The number of nitrogens with zero attached hydrogens (tertiary/aromatic N) is 4. The van der Waals surface area contributed by atoms with Crippen LogP contribution in [-0.4, -0.2) is 9.97 Å². The van der Waals surface area contributed by atoms with Gasteiger partial charge in [0.15, 0.2) is 0 Å². The second kappa shape index (κ2) is 15.3. The predicted octanol–water partition coefficient (Wildman–Crippen LogP) is 15.7. The number of benzene rings is 10. The van der Waals surface area contributed by atoms with E-state index in [1.54, 1.807) is 0 Å². The molecule has 0 amide bonds. The quantitative estimate of drug-likeness (QED) is 0.154. The fourth-order valence-corrected chi connectivity index (χ4v) is 8.58. The lowest BCUT2D eigenvalue weighted by molar-refractivity contribution is 1.13. The Morgan fingerprint density at radius 2 is 0.590 bits per heavy atom. The number of aryl methyl sites for hydroxylation is 1. The number of hydrogen-bond acceptors (Lipinski definition) is 4. The SMILES string of the molecule is Cc1cnc(-c2ccc(N(c3ccc4ccccc4c3)c3ccc4ccccc4c3)cc2)c(-c2ccc(N(c3ccc4ccccc4c3)c3ccc4ccccc4c3)cc2)n1. The van der Waals surface area contributed by atoms with Crippen molar-refractivity contribution in [3.8, 4) is 22.5 Å². The average Bonchev–Trinajstić information content (AvgIpc) is 3.32. The summed E-state index contributed by atoms with van der Waals surface area (Å²) < 4.78 is 0. The monoisotopic (exact) mass is 780 g/mol. The van der Waals surface area contributed by atoms with E-state index in [9.17, 15) is 0 Å². The third-order valence-electron chi connectivity index (χ3n) is 11.7. The first-order valence-electron chi connectivity index (χ1n) is 20.7. The Labute approximate surface area is 355 Å². The lowest BCUT2D eigenvalue weighted by Gasteiger charge is -2.27. The van der Waals surface area contributed by atoms with Crippen LogP contribution in [0.1, 0.15) is 5.69 Å². The van der Waals surface area contributed by atoms with Gasteiger partial charge in [-0.05, 0) is 123 Å². The minimum Gasteiger partial charge on any atom is -0.310 e. The van der Waals surface area contributed by atoms with Gasteiger partial charge >= 0.3 is 0 Å². The Morgan fingerprint density at radius 3 is 0.934 bits per heavy atom. The Bertz CT molecular complexity index is 3230. The van der Waals surface area contributed by atoms with Crippen molar-refractivity contribution in [3.63, 3.8) is 0 Å². The van der Waals surface area contributed by atoms with Crippen LogP contribution in [0, 0.1) is 6.92 Å². The molecule has 288 valence electrons. The minimum atomic E-state index is 0.841. The van der Waals surface area contributed by atoms with Crippen molar-refractivity contribution in [2.45, 2.75) is 6.92 Å². The maximum absolute atomic E-state index is 5.10. The van der Waals surface area contributed by atoms with Gasteiger partial charge in [0.05, 0.1) is 17.1 Å². The molecule has 0 aliphatic rings. The van der Waals surface area contributed by atoms with Gasteiger partial charge in [-0.2, -0.15) is 0 Å². The molecule has 11 rings (SSSR count). The molecule has 0 atom stereocenters. The molecule has 0 bridgehead atoms. The highest BCUT2D eigenvalue weighted by molar-refractivity contribution is 5.95. The highest BCUT2D eigenvalue weighted by atomic mass is 15.1. The van der Waals surface area contributed by atoms with Crippen LogP contribution < -0.4 is 9.80 Å².